The van der Waals surface area contributed by atoms with Crippen LogP contribution in [0.4, 0.5) is 0 Å². The molecule has 0 saturated carbocycles. The van der Waals surface area contributed by atoms with Crippen molar-refractivity contribution in [1.82, 2.24) is 15.3 Å². The molecule has 0 aliphatic carbocycles. The van der Waals surface area contributed by atoms with Crippen molar-refractivity contribution in [2.75, 3.05) is 33.2 Å². The van der Waals surface area contributed by atoms with Gasteiger partial charge in [0.2, 0.25) is 5.91 Å². The molecule has 2 saturated heterocycles. The minimum atomic E-state index is 0. The number of likely N-dealkylation sites (tertiary alicyclic amines) is 1. The van der Waals surface area contributed by atoms with Gasteiger partial charge in [-0.05, 0) is 68.3 Å². The molecule has 0 bridgehead atoms. The zero-order chi connectivity index (χ0) is 21.9. The number of carbonyl (C=O) groups is 1. The highest BCUT2D eigenvalue weighted by Crippen LogP contribution is 2.43. The summed E-state index contributed by atoms with van der Waals surface area (Å²) in [5.74, 6) is 1.09. The molecule has 1 amide bonds. The van der Waals surface area contributed by atoms with E-state index in [1.54, 1.807) is 5.57 Å². The zero-order valence-corrected chi connectivity index (χ0v) is 21.0. The average Bonchev–Trinajstić information content (AvgIpc) is 3.21. The minimum absolute atomic E-state index is 0. The monoisotopic (exact) mass is 487 g/mol. The van der Waals surface area contributed by atoms with Gasteiger partial charge in [0.05, 0.1) is 0 Å². The largest absolute Gasteiger partial charge is 0.488 e. The fourth-order valence-electron chi connectivity index (χ4n) is 4.99. The molecule has 3 aliphatic heterocycles. The predicted molar refractivity (Wildman–Crippen MR) is 137 cm³/mol. The Labute approximate surface area is 207 Å². The number of nitrogens with zero attached hydrogens (tertiary/aromatic N) is 2. The number of hydrogen-bond acceptors (Lipinski definition) is 5. The Kier molecular flexibility index (Phi) is 8.12. The lowest BCUT2D eigenvalue weighted by atomic mass is 9.90. The first-order chi connectivity index (χ1) is 15.7. The molecule has 4 heterocycles. The predicted octanol–water partition coefficient (Wildman–Crippen LogP) is 5.04. The van der Waals surface area contributed by atoms with Crippen molar-refractivity contribution in [3.05, 3.63) is 56.8 Å². The molecule has 1 aromatic carbocycles. The van der Waals surface area contributed by atoms with E-state index in [0.29, 0.717) is 13.0 Å². The molecule has 5 nitrogen and oxygen atoms in total. The number of piperidine rings is 2. The zero-order valence-electron chi connectivity index (χ0n) is 19.4. The third-order valence-corrected chi connectivity index (χ3v) is 7.87. The van der Waals surface area contributed by atoms with E-state index in [0.717, 1.165) is 51.2 Å². The fraction of sp³-hybridized carbons (Fsp3) is 0.500. The Hall–Kier alpha value is -1.86. The second-order valence-corrected chi connectivity index (χ2v) is 10.2. The van der Waals surface area contributed by atoms with Gasteiger partial charge in [0.1, 0.15) is 12.4 Å². The number of carbonyl (C=O) groups excluding carboxylic acids is 1. The van der Waals surface area contributed by atoms with E-state index in [1.165, 1.54) is 46.4 Å². The van der Waals surface area contributed by atoms with Crippen molar-refractivity contribution >= 4 is 35.2 Å². The third-order valence-electron chi connectivity index (χ3n) is 6.89. The molecule has 0 spiro atoms. The second kappa shape index (κ2) is 11.0. The normalized spacial score (nSPS) is 19.1. The maximum absolute atomic E-state index is 12.5. The molecule has 1 aromatic heterocycles. The summed E-state index contributed by atoms with van der Waals surface area (Å²) in [6.07, 6.45) is 7.07. The van der Waals surface area contributed by atoms with Gasteiger partial charge in [0, 0.05) is 54.2 Å². The van der Waals surface area contributed by atoms with Crippen LogP contribution in [0.25, 0.3) is 5.57 Å². The first kappa shape index (κ1) is 24.3. The standard InChI is InChI=1S/C26H33N3O2S.ClH/c1-28-14-9-20(10-15-28)25-22-17-19(6-8-24(30)27-29-12-3-2-4-13-29)5-7-23(22)31-18-21-11-16-32-26(21)25;/h5,7,11,16-17H,2-4,6,8-10,12-15,18H2,1H3,(H,27,30);1H. The lowest BCUT2D eigenvalue weighted by Gasteiger charge is -2.27. The van der Waals surface area contributed by atoms with Crippen LogP contribution in [0, 0.1) is 0 Å². The molecule has 2 aromatic rings. The Bertz CT molecular complexity index is 1000. The van der Waals surface area contributed by atoms with Crippen LogP contribution in [-0.4, -0.2) is 49.0 Å². The van der Waals surface area contributed by atoms with Crippen molar-refractivity contribution in [2.24, 2.45) is 0 Å². The van der Waals surface area contributed by atoms with Crippen LogP contribution in [0.2, 0.25) is 0 Å². The summed E-state index contributed by atoms with van der Waals surface area (Å²) in [5.41, 5.74) is 9.71. The molecule has 7 heteroatoms. The average molecular weight is 488 g/mol. The Balaban J connectivity index is 0.00000259. The van der Waals surface area contributed by atoms with Crippen LogP contribution in [0.1, 0.15) is 60.1 Å². The Morgan fingerprint density at radius 3 is 2.67 bits per heavy atom. The molecule has 178 valence electrons. The number of aryl methyl sites for hydroxylation is 1. The van der Waals surface area contributed by atoms with Crippen LogP contribution in [0.5, 0.6) is 5.75 Å². The number of nitrogens with one attached hydrogen (secondary N) is 1. The molecule has 5 rings (SSSR count). The summed E-state index contributed by atoms with van der Waals surface area (Å²) in [5, 5.41) is 4.26. The Morgan fingerprint density at radius 2 is 1.88 bits per heavy atom. The highest BCUT2D eigenvalue weighted by Gasteiger charge is 2.25. The fourth-order valence-corrected chi connectivity index (χ4v) is 6.00. The van der Waals surface area contributed by atoms with Gasteiger partial charge in [0.15, 0.2) is 0 Å². The van der Waals surface area contributed by atoms with E-state index in [2.05, 4.69) is 52.0 Å². The highest BCUT2D eigenvalue weighted by molar-refractivity contribution is 7.11. The van der Waals surface area contributed by atoms with Gasteiger partial charge in [-0.25, -0.2) is 5.01 Å². The summed E-state index contributed by atoms with van der Waals surface area (Å²) in [7, 11) is 2.20. The van der Waals surface area contributed by atoms with Crippen molar-refractivity contribution in [2.45, 2.75) is 51.6 Å². The van der Waals surface area contributed by atoms with Crippen LogP contribution >= 0.6 is 23.7 Å². The van der Waals surface area contributed by atoms with Crippen LogP contribution in [-0.2, 0) is 17.8 Å². The summed E-state index contributed by atoms with van der Waals surface area (Å²) >= 11 is 1.83. The third kappa shape index (κ3) is 5.62. The van der Waals surface area contributed by atoms with Crippen molar-refractivity contribution in [3.8, 4) is 5.75 Å². The van der Waals surface area contributed by atoms with E-state index >= 15 is 0 Å². The van der Waals surface area contributed by atoms with Crippen molar-refractivity contribution in [3.63, 3.8) is 0 Å². The van der Waals surface area contributed by atoms with Crippen LogP contribution in [0.15, 0.2) is 35.2 Å². The van der Waals surface area contributed by atoms with Crippen molar-refractivity contribution in [1.29, 1.82) is 0 Å². The van der Waals surface area contributed by atoms with E-state index in [9.17, 15) is 4.79 Å². The number of halogens is 1. The second-order valence-electron chi connectivity index (χ2n) is 9.26. The van der Waals surface area contributed by atoms with E-state index in [1.807, 2.05) is 11.3 Å². The molecule has 0 radical (unpaired) electrons. The lowest BCUT2D eigenvalue weighted by Crippen LogP contribution is -2.45. The summed E-state index contributed by atoms with van der Waals surface area (Å²) in [4.78, 5) is 16.3. The van der Waals surface area contributed by atoms with Gasteiger partial charge in [-0.15, -0.1) is 23.7 Å². The molecule has 2 fully saturated rings. The van der Waals surface area contributed by atoms with Gasteiger partial charge in [0.25, 0.3) is 0 Å². The maximum atomic E-state index is 12.5. The van der Waals surface area contributed by atoms with Gasteiger partial charge in [-0.2, -0.15) is 0 Å². The number of hydrazine groups is 1. The molecular formula is C26H34ClN3O2S. The van der Waals surface area contributed by atoms with E-state index < -0.39 is 0 Å². The molecule has 3 aliphatic rings. The highest BCUT2D eigenvalue weighted by atomic mass is 35.5. The van der Waals surface area contributed by atoms with Gasteiger partial charge < -0.3 is 9.64 Å². The number of thiophene rings is 1. The first-order valence-corrected chi connectivity index (χ1v) is 12.8. The Morgan fingerprint density at radius 1 is 1.09 bits per heavy atom. The maximum Gasteiger partial charge on any atom is 0.234 e. The first-order valence-electron chi connectivity index (χ1n) is 12.0. The molecule has 0 atom stereocenters. The van der Waals surface area contributed by atoms with Crippen LogP contribution in [0.3, 0.4) is 0 Å². The number of benzene rings is 1. The van der Waals surface area contributed by atoms with Gasteiger partial charge in [-0.3, -0.25) is 10.2 Å². The lowest BCUT2D eigenvalue weighted by molar-refractivity contribution is -0.126. The molecule has 0 unspecified atom stereocenters. The number of ether oxygens (including phenoxy) is 1. The minimum Gasteiger partial charge on any atom is -0.488 e. The summed E-state index contributed by atoms with van der Waals surface area (Å²) < 4.78 is 6.23. The van der Waals surface area contributed by atoms with Gasteiger partial charge in [-0.1, -0.05) is 18.1 Å². The van der Waals surface area contributed by atoms with E-state index in [-0.39, 0.29) is 18.3 Å². The summed E-state index contributed by atoms with van der Waals surface area (Å²) in [6.45, 7) is 4.77. The van der Waals surface area contributed by atoms with Crippen molar-refractivity contribution < 1.29 is 9.53 Å². The smallest absolute Gasteiger partial charge is 0.234 e. The topological polar surface area (TPSA) is 44.8 Å². The number of fused-ring (bicyclic) bond motifs is 2. The quantitative estimate of drug-likeness (QED) is 0.656. The number of rotatable bonds is 4. The number of hydrogen-bond donors (Lipinski definition) is 1. The number of amides is 1. The van der Waals surface area contributed by atoms with Gasteiger partial charge >= 0.3 is 0 Å². The molecule has 33 heavy (non-hydrogen) atoms. The summed E-state index contributed by atoms with van der Waals surface area (Å²) in [6, 6.07) is 8.72. The molecular weight excluding hydrogens is 454 g/mol. The van der Waals surface area contributed by atoms with Crippen LogP contribution < -0.4 is 10.2 Å². The molecule has 1 N–H and O–H groups in total. The van der Waals surface area contributed by atoms with E-state index in [4.69, 9.17) is 4.74 Å². The SMILES string of the molecule is CN1CCC(=C2c3cc(CCC(=O)NN4CCCCC4)ccc3OCc3ccsc32)CC1.Cl.